The molecule has 1 heterocycles. The average molecular weight is 162 g/mol. The van der Waals surface area contributed by atoms with Crippen LogP contribution in [0.25, 0.3) is 0 Å². The molecule has 2 nitrogen and oxygen atoms in total. The van der Waals surface area contributed by atoms with Crippen LogP contribution >= 0.6 is 0 Å². The van der Waals surface area contributed by atoms with Crippen molar-refractivity contribution in [3.8, 4) is 0 Å². The molecule has 1 unspecified atom stereocenters. The summed E-state index contributed by atoms with van der Waals surface area (Å²) in [5.41, 5.74) is 9.71. The summed E-state index contributed by atoms with van der Waals surface area (Å²) in [4.78, 5) is 0. The van der Waals surface area contributed by atoms with Crippen LogP contribution in [0.4, 0.5) is 5.69 Å². The number of rotatable bonds is 0. The predicted octanol–water partition coefficient (Wildman–Crippen LogP) is 1.64. The van der Waals surface area contributed by atoms with Gasteiger partial charge in [-0.1, -0.05) is 17.7 Å². The van der Waals surface area contributed by atoms with Gasteiger partial charge in [0.15, 0.2) is 0 Å². The van der Waals surface area contributed by atoms with E-state index in [2.05, 4.69) is 30.4 Å². The molecule has 0 saturated carbocycles. The van der Waals surface area contributed by atoms with Crippen LogP contribution in [0.15, 0.2) is 18.2 Å². The molecule has 2 rings (SSSR count). The molecule has 3 N–H and O–H groups in total. The fourth-order valence-electron chi connectivity index (χ4n) is 1.65. The highest BCUT2D eigenvalue weighted by Gasteiger charge is 2.13. The molecule has 0 saturated heterocycles. The molecule has 0 fully saturated rings. The third-order valence-electron chi connectivity index (χ3n) is 2.33. The second kappa shape index (κ2) is 2.79. The second-order valence-corrected chi connectivity index (χ2v) is 3.45. The van der Waals surface area contributed by atoms with Crippen molar-refractivity contribution in [1.82, 2.24) is 0 Å². The van der Waals surface area contributed by atoms with Crippen molar-refractivity contribution in [2.45, 2.75) is 25.9 Å². The third kappa shape index (κ3) is 1.30. The number of aryl methyl sites for hydroxylation is 2. The Hall–Kier alpha value is -1.02. The summed E-state index contributed by atoms with van der Waals surface area (Å²) in [6.07, 6.45) is 2.28. The van der Waals surface area contributed by atoms with Gasteiger partial charge in [0, 0.05) is 5.69 Å². The number of nitrogens with two attached hydrogens (primary N) is 1. The topological polar surface area (TPSA) is 38.0 Å². The smallest absolute Gasteiger partial charge is 0.0746 e. The zero-order chi connectivity index (χ0) is 8.55. The van der Waals surface area contributed by atoms with Crippen LogP contribution in [0, 0.1) is 6.92 Å². The number of anilines is 1. The van der Waals surface area contributed by atoms with Crippen molar-refractivity contribution in [3.63, 3.8) is 0 Å². The predicted molar refractivity (Wildman–Crippen MR) is 51.1 cm³/mol. The number of nitrogens with one attached hydrogen (secondary N) is 1. The molecule has 1 aliphatic heterocycles. The van der Waals surface area contributed by atoms with E-state index in [1.165, 1.54) is 16.8 Å². The van der Waals surface area contributed by atoms with E-state index in [9.17, 15) is 0 Å². The number of fused-ring (bicyclic) bond motifs is 1. The van der Waals surface area contributed by atoms with Crippen molar-refractivity contribution < 1.29 is 0 Å². The van der Waals surface area contributed by atoms with Gasteiger partial charge in [-0.15, -0.1) is 0 Å². The van der Waals surface area contributed by atoms with Crippen LogP contribution < -0.4 is 11.1 Å². The number of hydrogen-bond acceptors (Lipinski definition) is 2. The summed E-state index contributed by atoms with van der Waals surface area (Å²) in [6.45, 7) is 2.12. The minimum Gasteiger partial charge on any atom is -0.370 e. The highest BCUT2D eigenvalue weighted by Crippen LogP contribution is 2.23. The van der Waals surface area contributed by atoms with E-state index >= 15 is 0 Å². The zero-order valence-corrected chi connectivity index (χ0v) is 7.30. The Morgan fingerprint density at radius 3 is 3.17 bits per heavy atom. The van der Waals surface area contributed by atoms with Crippen molar-refractivity contribution in [2.24, 2.45) is 5.73 Å². The molecule has 0 aromatic heterocycles. The fraction of sp³-hybridized carbons (Fsp3) is 0.400. The fourth-order valence-corrected chi connectivity index (χ4v) is 1.65. The lowest BCUT2D eigenvalue weighted by Crippen LogP contribution is -2.33. The van der Waals surface area contributed by atoms with Gasteiger partial charge in [0.05, 0.1) is 6.17 Å². The molecule has 64 valence electrons. The Balaban J connectivity index is 2.37. The first-order valence-electron chi connectivity index (χ1n) is 4.37. The highest BCUT2D eigenvalue weighted by atomic mass is 15.0. The lowest BCUT2D eigenvalue weighted by Gasteiger charge is -2.24. The van der Waals surface area contributed by atoms with E-state index in [1.807, 2.05) is 0 Å². The molecule has 0 bridgehead atoms. The Morgan fingerprint density at radius 2 is 2.33 bits per heavy atom. The Labute approximate surface area is 72.8 Å². The molecule has 12 heavy (non-hydrogen) atoms. The maximum absolute atomic E-state index is 5.78. The first kappa shape index (κ1) is 7.62. The molecule has 0 radical (unpaired) electrons. The van der Waals surface area contributed by atoms with Crippen LogP contribution in [0.3, 0.4) is 0 Å². The Bertz CT molecular complexity index is 294. The van der Waals surface area contributed by atoms with E-state index in [0.717, 1.165) is 12.8 Å². The van der Waals surface area contributed by atoms with Crippen molar-refractivity contribution in [3.05, 3.63) is 29.3 Å². The highest BCUT2D eigenvalue weighted by molar-refractivity contribution is 5.54. The first-order chi connectivity index (χ1) is 5.75. The molecule has 1 aromatic carbocycles. The maximum Gasteiger partial charge on any atom is 0.0746 e. The summed E-state index contributed by atoms with van der Waals surface area (Å²) in [5, 5.41) is 3.26. The van der Waals surface area contributed by atoms with E-state index in [4.69, 9.17) is 5.73 Å². The SMILES string of the molecule is Cc1ccc2c(c1)CCC(N)N2. The second-order valence-electron chi connectivity index (χ2n) is 3.45. The molecule has 0 spiro atoms. The van der Waals surface area contributed by atoms with Crippen LogP contribution in [0.2, 0.25) is 0 Å². The molecule has 1 atom stereocenters. The molecule has 0 aliphatic carbocycles. The molecule has 1 aliphatic rings. The zero-order valence-electron chi connectivity index (χ0n) is 7.30. The minimum absolute atomic E-state index is 0.139. The van der Waals surface area contributed by atoms with Crippen LogP contribution in [0.1, 0.15) is 17.5 Å². The van der Waals surface area contributed by atoms with E-state index in [-0.39, 0.29) is 6.17 Å². The normalized spacial score (nSPS) is 21.3. The number of hydrogen-bond donors (Lipinski definition) is 2. The van der Waals surface area contributed by atoms with Gasteiger partial charge >= 0.3 is 0 Å². The van der Waals surface area contributed by atoms with Crippen molar-refractivity contribution in [2.75, 3.05) is 5.32 Å². The molecular formula is C10H14N2. The largest absolute Gasteiger partial charge is 0.370 e. The minimum atomic E-state index is 0.139. The lowest BCUT2D eigenvalue weighted by molar-refractivity contribution is 0.655. The van der Waals surface area contributed by atoms with Gasteiger partial charge in [0.2, 0.25) is 0 Å². The average Bonchev–Trinajstić information content (AvgIpc) is 2.05. The summed E-state index contributed by atoms with van der Waals surface area (Å²) in [7, 11) is 0. The van der Waals surface area contributed by atoms with E-state index in [0.29, 0.717) is 0 Å². The molecule has 0 amide bonds. The van der Waals surface area contributed by atoms with Gasteiger partial charge in [-0.05, 0) is 31.4 Å². The van der Waals surface area contributed by atoms with E-state index in [1.54, 1.807) is 0 Å². The van der Waals surface area contributed by atoms with Crippen LogP contribution in [-0.4, -0.2) is 6.17 Å². The van der Waals surface area contributed by atoms with Gasteiger partial charge < -0.3 is 11.1 Å². The Kier molecular flexibility index (Phi) is 1.77. The van der Waals surface area contributed by atoms with Crippen LogP contribution in [-0.2, 0) is 6.42 Å². The van der Waals surface area contributed by atoms with Gasteiger partial charge in [-0.3, -0.25) is 0 Å². The third-order valence-corrected chi connectivity index (χ3v) is 2.33. The van der Waals surface area contributed by atoms with Gasteiger partial charge in [-0.2, -0.15) is 0 Å². The monoisotopic (exact) mass is 162 g/mol. The standard InChI is InChI=1S/C10H14N2/c1-7-2-4-9-8(6-7)3-5-10(11)12-9/h2,4,6,10,12H,3,5,11H2,1H3. The quantitative estimate of drug-likeness (QED) is 0.608. The molecule has 2 heteroatoms. The summed E-state index contributed by atoms with van der Waals surface area (Å²) >= 11 is 0. The van der Waals surface area contributed by atoms with Crippen LogP contribution in [0.5, 0.6) is 0 Å². The molecule has 1 aromatic rings. The van der Waals surface area contributed by atoms with Gasteiger partial charge in [0.1, 0.15) is 0 Å². The van der Waals surface area contributed by atoms with E-state index < -0.39 is 0 Å². The molecular weight excluding hydrogens is 148 g/mol. The number of benzene rings is 1. The van der Waals surface area contributed by atoms with Gasteiger partial charge in [-0.25, -0.2) is 0 Å². The van der Waals surface area contributed by atoms with Crippen molar-refractivity contribution in [1.29, 1.82) is 0 Å². The summed E-state index contributed by atoms with van der Waals surface area (Å²) in [5.74, 6) is 0. The first-order valence-corrected chi connectivity index (χ1v) is 4.37. The van der Waals surface area contributed by atoms with Gasteiger partial charge in [0.25, 0.3) is 0 Å². The van der Waals surface area contributed by atoms with Crippen molar-refractivity contribution >= 4 is 5.69 Å². The Morgan fingerprint density at radius 1 is 1.50 bits per heavy atom. The summed E-state index contributed by atoms with van der Waals surface area (Å²) < 4.78 is 0. The maximum atomic E-state index is 5.78. The lowest BCUT2D eigenvalue weighted by atomic mass is 10.00. The summed E-state index contributed by atoms with van der Waals surface area (Å²) in [6, 6.07) is 6.46.